The molecule has 84 valence electrons. The number of hydrogen-bond donors (Lipinski definition) is 0. The summed E-state index contributed by atoms with van der Waals surface area (Å²) in [5.41, 5.74) is 3.66. The Labute approximate surface area is 100 Å². The fourth-order valence-electron chi connectivity index (χ4n) is 2.34. The average Bonchev–Trinajstić information content (AvgIpc) is 2.76. The van der Waals surface area contributed by atoms with E-state index < -0.39 is 0 Å². The first-order valence-corrected chi connectivity index (χ1v) is 7.02. The summed E-state index contributed by atoms with van der Waals surface area (Å²) in [6.07, 6.45) is 6.94. The highest BCUT2D eigenvalue weighted by Crippen LogP contribution is 2.30. The minimum absolute atomic E-state index is 0.665. The molecule has 3 rings (SSSR count). The minimum Gasteiger partial charge on any atom is -0.307 e. The monoisotopic (exact) mass is 232 g/mol. The van der Waals surface area contributed by atoms with Crippen molar-refractivity contribution in [2.75, 3.05) is 11.5 Å². The van der Waals surface area contributed by atoms with Crippen LogP contribution in [-0.2, 0) is 0 Å². The van der Waals surface area contributed by atoms with Gasteiger partial charge in [0.1, 0.15) is 5.65 Å². The molecule has 0 saturated carbocycles. The van der Waals surface area contributed by atoms with Gasteiger partial charge in [0.05, 0.1) is 5.69 Å². The highest BCUT2D eigenvalue weighted by atomic mass is 32.2. The molecule has 3 heteroatoms. The molecule has 1 fully saturated rings. The molecule has 1 aliphatic heterocycles. The second-order valence-corrected chi connectivity index (χ2v) is 5.65. The Hall–Kier alpha value is -0.960. The molecule has 3 heterocycles. The standard InChI is InChI=1S/C13H16N2S/c1-10-4-2-6-15-8-12(14-13(10)15)11-5-3-7-16-9-11/h2,4,6,8,11H,3,5,7,9H2,1H3. The highest BCUT2D eigenvalue weighted by molar-refractivity contribution is 7.99. The van der Waals surface area contributed by atoms with E-state index >= 15 is 0 Å². The number of pyridine rings is 1. The Morgan fingerprint density at radius 3 is 3.19 bits per heavy atom. The topological polar surface area (TPSA) is 17.3 Å². The maximum absolute atomic E-state index is 4.79. The van der Waals surface area contributed by atoms with Crippen LogP contribution in [0.2, 0.25) is 0 Å². The Morgan fingerprint density at radius 2 is 2.44 bits per heavy atom. The molecule has 0 N–H and O–H groups in total. The van der Waals surface area contributed by atoms with Gasteiger partial charge in [-0.25, -0.2) is 4.98 Å². The zero-order valence-electron chi connectivity index (χ0n) is 9.52. The Kier molecular flexibility index (Phi) is 2.64. The van der Waals surface area contributed by atoms with Crippen molar-refractivity contribution < 1.29 is 0 Å². The van der Waals surface area contributed by atoms with Crippen LogP contribution in [0.4, 0.5) is 0 Å². The van der Waals surface area contributed by atoms with Gasteiger partial charge in [-0.15, -0.1) is 0 Å². The summed E-state index contributed by atoms with van der Waals surface area (Å²) in [6, 6.07) is 4.21. The van der Waals surface area contributed by atoms with Gasteiger partial charge in [-0.2, -0.15) is 11.8 Å². The second-order valence-electron chi connectivity index (χ2n) is 4.50. The molecule has 0 aromatic carbocycles. The number of imidazole rings is 1. The van der Waals surface area contributed by atoms with Gasteiger partial charge in [0.25, 0.3) is 0 Å². The minimum atomic E-state index is 0.665. The SMILES string of the molecule is Cc1cccn2cc(C3CCCSC3)nc12. The Bertz CT molecular complexity index is 498. The normalized spacial score (nSPS) is 21.4. The van der Waals surface area contributed by atoms with Crippen molar-refractivity contribution in [2.45, 2.75) is 25.7 Å². The van der Waals surface area contributed by atoms with Gasteiger partial charge in [-0.1, -0.05) is 6.07 Å². The van der Waals surface area contributed by atoms with Gasteiger partial charge in [-0.05, 0) is 37.1 Å². The van der Waals surface area contributed by atoms with Crippen molar-refractivity contribution in [2.24, 2.45) is 0 Å². The lowest BCUT2D eigenvalue weighted by Gasteiger charge is -2.18. The van der Waals surface area contributed by atoms with Gasteiger partial charge in [0.2, 0.25) is 0 Å². The number of hydrogen-bond acceptors (Lipinski definition) is 2. The fourth-order valence-corrected chi connectivity index (χ4v) is 3.50. The van der Waals surface area contributed by atoms with E-state index in [0.717, 1.165) is 5.65 Å². The lowest BCUT2D eigenvalue weighted by Crippen LogP contribution is -2.08. The summed E-state index contributed by atoms with van der Waals surface area (Å²) in [7, 11) is 0. The van der Waals surface area contributed by atoms with Crippen LogP contribution >= 0.6 is 11.8 Å². The quantitative estimate of drug-likeness (QED) is 0.751. The van der Waals surface area contributed by atoms with E-state index in [2.05, 4.69) is 47.6 Å². The van der Waals surface area contributed by atoms with E-state index in [1.807, 2.05) is 0 Å². The van der Waals surface area contributed by atoms with Gasteiger partial charge in [0, 0.05) is 24.1 Å². The molecular weight excluding hydrogens is 216 g/mol. The summed E-state index contributed by atoms with van der Waals surface area (Å²) in [5, 5.41) is 0. The van der Waals surface area contributed by atoms with Crippen LogP contribution in [0, 0.1) is 6.92 Å². The first kappa shape index (κ1) is 10.2. The molecule has 1 aliphatic rings. The molecule has 0 radical (unpaired) electrons. The first-order chi connectivity index (χ1) is 7.84. The zero-order chi connectivity index (χ0) is 11.0. The average molecular weight is 232 g/mol. The Morgan fingerprint density at radius 1 is 1.50 bits per heavy atom. The van der Waals surface area contributed by atoms with E-state index in [9.17, 15) is 0 Å². The Balaban J connectivity index is 2.01. The third kappa shape index (κ3) is 1.73. The number of thioether (sulfide) groups is 1. The van der Waals surface area contributed by atoms with Gasteiger partial charge < -0.3 is 4.40 Å². The summed E-state index contributed by atoms with van der Waals surface area (Å²) >= 11 is 2.06. The van der Waals surface area contributed by atoms with Crippen LogP contribution in [0.25, 0.3) is 5.65 Å². The number of nitrogens with zero attached hydrogens (tertiary/aromatic N) is 2. The van der Waals surface area contributed by atoms with Crippen molar-refractivity contribution in [1.29, 1.82) is 0 Å². The second kappa shape index (κ2) is 4.13. The predicted octanol–water partition coefficient (Wildman–Crippen LogP) is 3.25. The van der Waals surface area contributed by atoms with Crippen molar-refractivity contribution >= 4 is 17.4 Å². The number of rotatable bonds is 1. The van der Waals surface area contributed by atoms with Crippen LogP contribution in [0.15, 0.2) is 24.5 Å². The van der Waals surface area contributed by atoms with E-state index in [0.29, 0.717) is 5.92 Å². The molecule has 16 heavy (non-hydrogen) atoms. The lowest BCUT2D eigenvalue weighted by atomic mass is 10.0. The van der Waals surface area contributed by atoms with Crippen molar-refractivity contribution in [3.63, 3.8) is 0 Å². The summed E-state index contributed by atoms with van der Waals surface area (Å²) < 4.78 is 2.16. The molecule has 0 aliphatic carbocycles. The molecule has 1 saturated heterocycles. The fraction of sp³-hybridized carbons (Fsp3) is 0.462. The molecular formula is C13H16N2S. The molecule has 1 atom stereocenters. The van der Waals surface area contributed by atoms with Crippen LogP contribution in [0.5, 0.6) is 0 Å². The summed E-state index contributed by atoms with van der Waals surface area (Å²) in [5.74, 6) is 3.23. The molecule has 2 aromatic heterocycles. The van der Waals surface area contributed by atoms with Gasteiger partial charge in [0.15, 0.2) is 0 Å². The zero-order valence-corrected chi connectivity index (χ0v) is 10.3. The molecule has 0 amide bonds. The predicted molar refractivity (Wildman–Crippen MR) is 69.2 cm³/mol. The number of aryl methyl sites for hydroxylation is 1. The van der Waals surface area contributed by atoms with Gasteiger partial charge >= 0.3 is 0 Å². The van der Waals surface area contributed by atoms with Crippen LogP contribution in [0.1, 0.15) is 30.0 Å². The van der Waals surface area contributed by atoms with E-state index in [1.54, 1.807) is 0 Å². The number of fused-ring (bicyclic) bond motifs is 1. The van der Waals surface area contributed by atoms with Crippen LogP contribution in [0.3, 0.4) is 0 Å². The first-order valence-electron chi connectivity index (χ1n) is 5.86. The van der Waals surface area contributed by atoms with Crippen molar-refractivity contribution in [1.82, 2.24) is 9.38 Å². The third-order valence-electron chi connectivity index (χ3n) is 3.28. The third-order valence-corrected chi connectivity index (χ3v) is 4.49. The largest absolute Gasteiger partial charge is 0.307 e. The molecule has 0 bridgehead atoms. The van der Waals surface area contributed by atoms with Crippen molar-refractivity contribution in [3.05, 3.63) is 35.8 Å². The molecule has 0 spiro atoms. The molecule has 1 unspecified atom stereocenters. The maximum atomic E-state index is 4.79. The van der Waals surface area contributed by atoms with Crippen LogP contribution < -0.4 is 0 Å². The van der Waals surface area contributed by atoms with Crippen molar-refractivity contribution in [3.8, 4) is 0 Å². The highest BCUT2D eigenvalue weighted by Gasteiger charge is 2.18. The van der Waals surface area contributed by atoms with Crippen LogP contribution in [-0.4, -0.2) is 20.9 Å². The van der Waals surface area contributed by atoms with Gasteiger partial charge in [-0.3, -0.25) is 0 Å². The lowest BCUT2D eigenvalue weighted by molar-refractivity contribution is 0.647. The summed E-state index contributed by atoms with van der Waals surface area (Å²) in [4.78, 5) is 4.79. The van der Waals surface area contributed by atoms with E-state index in [4.69, 9.17) is 4.98 Å². The maximum Gasteiger partial charge on any atom is 0.139 e. The van der Waals surface area contributed by atoms with E-state index in [1.165, 1.54) is 35.6 Å². The summed E-state index contributed by atoms with van der Waals surface area (Å²) in [6.45, 7) is 2.13. The number of aromatic nitrogens is 2. The molecule has 2 aromatic rings. The van der Waals surface area contributed by atoms with E-state index in [-0.39, 0.29) is 0 Å². The molecule has 2 nitrogen and oxygen atoms in total. The smallest absolute Gasteiger partial charge is 0.139 e.